The van der Waals surface area contributed by atoms with Crippen molar-refractivity contribution >= 4 is 11.7 Å². The summed E-state index contributed by atoms with van der Waals surface area (Å²) in [5.74, 6) is 2.21. The number of nitrogens with one attached hydrogen (secondary N) is 2. The van der Waals surface area contributed by atoms with Crippen molar-refractivity contribution in [3.63, 3.8) is 0 Å². The molecule has 2 N–H and O–H groups in total. The minimum Gasteiger partial charge on any atom is -0.361 e. The second kappa shape index (κ2) is 7.07. The highest BCUT2D eigenvalue weighted by Crippen LogP contribution is 2.13. The molecule has 0 spiro atoms. The fraction of sp³-hybridized carbons (Fsp3) is 0.643. The van der Waals surface area contributed by atoms with E-state index in [0.717, 1.165) is 11.5 Å². The molecule has 0 aliphatic heterocycles. The van der Waals surface area contributed by atoms with Gasteiger partial charge in [-0.05, 0) is 12.8 Å². The monoisotopic (exact) mass is 264 g/mol. The van der Waals surface area contributed by atoms with Crippen LogP contribution < -0.4 is 10.6 Å². The van der Waals surface area contributed by atoms with Crippen molar-refractivity contribution in [2.75, 3.05) is 18.4 Å². The number of nitrogens with zero attached hydrogens (tertiary/aromatic N) is 2. The van der Waals surface area contributed by atoms with Gasteiger partial charge in [-0.1, -0.05) is 27.7 Å². The molecule has 0 unspecified atom stereocenters. The molecular formula is C14H24N4O. The van der Waals surface area contributed by atoms with Crippen LogP contribution in [0.25, 0.3) is 0 Å². The molecule has 1 rings (SSSR count). The maximum absolute atomic E-state index is 11.6. The summed E-state index contributed by atoms with van der Waals surface area (Å²) in [6.07, 6.45) is 0. The highest BCUT2D eigenvalue weighted by Gasteiger charge is 2.07. The predicted molar refractivity (Wildman–Crippen MR) is 77.2 cm³/mol. The standard InChI is InChI=1S/C14H24N4O/c1-9(2)7-16-13(19)8-15-12-6-11(5)17-14(18-12)10(3)4/h6,9-10H,7-8H2,1-5H3,(H,16,19)(H,15,17,18). The Kier molecular flexibility index (Phi) is 5.73. The number of rotatable bonds is 6. The SMILES string of the molecule is Cc1cc(NCC(=O)NCC(C)C)nc(C(C)C)n1. The largest absolute Gasteiger partial charge is 0.361 e. The van der Waals surface area contributed by atoms with E-state index in [2.05, 4.69) is 34.4 Å². The second-order valence-electron chi connectivity index (χ2n) is 5.46. The quantitative estimate of drug-likeness (QED) is 0.825. The number of aryl methyl sites for hydroxylation is 1. The maximum atomic E-state index is 11.6. The summed E-state index contributed by atoms with van der Waals surface area (Å²) in [5.41, 5.74) is 0.906. The van der Waals surface area contributed by atoms with Crippen LogP contribution in [0.4, 0.5) is 5.82 Å². The highest BCUT2D eigenvalue weighted by atomic mass is 16.1. The van der Waals surface area contributed by atoms with Crippen LogP contribution in [-0.2, 0) is 4.79 Å². The molecule has 0 radical (unpaired) electrons. The van der Waals surface area contributed by atoms with E-state index in [1.165, 1.54) is 0 Å². The number of hydrogen-bond donors (Lipinski definition) is 2. The minimum atomic E-state index is -0.0175. The van der Waals surface area contributed by atoms with Crippen LogP contribution >= 0.6 is 0 Å². The number of carbonyl (C=O) groups excluding carboxylic acids is 1. The van der Waals surface area contributed by atoms with E-state index in [1.54, 1.807) is 0 Å². The topological polar surface area (TPSA) is 66.9 Å². The number of hydrogen-bond acceptors (Lipinski definition) is 4. The molecule has 1 heterocycles. The summed E-state index contributed by atoms with van der Waals surface area (Å²) in [6.45, 7) is 11.1. The van der Waals surface area contributed by atoms with Gasteiger partial charge in [0, 0.05) is 24.2 Å². The predicted octanol–water partition coefficient (Wildman–Crippen LogP) is 2.09. The van der Waals surface area contributed by atoms with Gasteiger partial charge in [0.05, 0.1) is 6.54 Å². The van der Waals surface area contributed by atoms with E-state index in [4.69, 9.17) is 0 Å². The average Bonchev–Trinajstić information content (AvgIpc) is 2.33. The van der Waals surface area contributed by atoms with Crippen molar-refractivity contribution in [3.8, 4) is 0 Å². The summed E-state index contributed by atoms with van der Waals surface area (Å²) < 4.78 is 0. The van der Waals surface area contributed by atoms with Gasteiger partial charge in [-0.3, -0.25) is 4.79 Å². The molecule has 0 saturated carbocycles. The van der Waals surface area contributed by atoms with Gasteiger partial charge in [0.15, 0.2) is 0 Å². The molecule has 106 valence electrons. The van der Waals surface area contributed by atoms with Crippen LogP contribution in [0.1, 0.15) is 45.1 Å². The molecular weight excluding hydrogens is 240 g/mol. The van der Waals surface area contributed by atoms with Crippen LogP contribution in [0.3, 0.4) is 0 Å². The molecule has 1 aromatic heterocycles. The van der Waals surface area contributed by atoms with Gasteiger partial charge in [0.25, 0.3) is 0 Å². The number of amides is 1. The van der Waals surface area contributed by atoms with E-state index < -0.39 is 0 Å². The Morgan fingerprint density at radius 3 is 2.53 bits per heavy atom. The number of anilines is 1. The molecule has 0 aliphatic carbocycles. The highest BCUT2D eigenvalue weighted by molar-refractivity contribution is 5.80. The first-order valence-electron chi connectivity index (χ1n) is 6.74. The average molecular weight is 264 g/mol. The van der Waals surface area contributed by atoms with Crippen molar-refractivity contribution in [3.05, 3.63) is 17.6 Å². The fourth-order valence-corrected chi connectivity index (χ4v) is 1.49. The second-order valence-corrected chi connectivity index (χ2v) is 5.46. The normalized spacial score (nSPS) is 10.9. The van der Waals surface area contributed by atoms with Crippen LogP contribution in [0.15, 0.2) is 6.07 Å². The smallest absolute Gasteiger partial charge is 0.239 e. The Morgan fingerprint density at radius 1 is 1.26 bits per heavy atom. The van der Waals surface area contributed by atoms with Crippen molar-refractivity contribution < 1.29 is 4.79 Å². The van der Waals surface area contributed by atoms with Crippen molar-refractivity contribution in [2.24, 2.45) is 5.92 Å². The third-order valence-corrected chi connectivity index (χ3v) is 2.53. The van der Waals surface area contributed by atoms with Crippen molar-refractivity contribution in [1.82, 2.24) is 15.3 Å². The zero-order valence-electron chi connectivity index (χ0n) is 12.4. The molecule has 0 fully saturated rings. The van der Waals surface area contributed by atoms with E-state index in [1.807, 2.05) is 26.8 Å². The van der Waals surface area contributed by atoms with Gasteiger partial charge >= 0.3 is 0 Å². The summed E-state index contributed by atoms with van der Waals surface area (Å²) in [4.78, 5) is 20.4. The maximum Gasteiger partial charge on any atom is 0.239 e. The molecule has 0 saturated heterocycles. The lowest BCUT2D eigenvalue weighted by atomic mass is 10.2. The summed E-state index contributed by atoms with van der Waals surface area (Å²) in [5, 5.41) is 5.90. The van der Waals surface area contributed by atoms with Gasteiger partial charge in [0.2, 0.25) is 5.91 Å². The van der Waals surface area contributed by atoms with Gasteiger partial charge in [-0.2, -0.15) is 0 Å². The summed E-state index contributed by atoms with van der Waals surface area (Å²) in [6, 6.07) is 1.85. The molecule has 5 nitrogen and oxygen atoms in total. The first kappa shape index (κ1) is 15.4. The van der Waals surface area contributed by atoms with Gasteiger partial charge in [-0.25, -0.2) is 9.97 Å². The Balaban J connectivity index is 2.55. The third-order valence-electron chi connectivity index (χ3n) is 2.53. The van der Waals surface area contributed by atoms with Gasteiger partial charge in [-0.15, -0.1) is 0 Å². The Hall–Kier alpha value is -1.65. The Labute approximate surface area is 115 Å². The number of aromatic nitrogens is 2. The van der Waals surface area contributed by atoms with Crippen LogP contribution in [0, 0.1) is 12.8 Å². The third kappa shape index (κ3) is 5.68. The first-order valence-corrected chi connectivity index (χ1v) is 6.74. The van der Waals surface area contributed by atoms with E-state index in [-0.39, 0.29) is 18.4 Å². The lowest BCUT2D eigenvalue weighted by Crippen LogP contribution is -2.32. The molecule has 0 atom stereocenters. The zero-order valence-corrected chi connectivity index (χ0v) is 12.4. The summed E-state index contributed by atoms with van der Waals surface area (Å²) in [7, 11) is 0. The van der Waals surface area contributed by atoms with E-state index in [9.17, 15) is 4.79 Å². The van der Waals surface area contributed by atoms with Crippen LogP contribution in [0.2, 0.25) is 0 Å². The Morgan fingerprint density at radius 2 is 1.95 bits per heavy atom. The molecule has 5 heteroatoms. The molecule has 1 amide bonds. The zero-order chi connectivity index (χ0) is 14.4. The molecule has 0 aliphatic rings. The van der Waals surface area contributed by atoms with Crippen LogP contribution in [-0.4, -0.2) is 29.0 Å². The van der Waals surface area contributed by atoms with Crippen molar-refractivity contribution in [1.29, 1.82) is 0 Å². The Bertz CT molecular complexity index is 429. The van der Waals surface area contributed by atoms with Crippen molar-refractivity contribution in [2.45, 2.75) is 40.5 Å². The molecule has 0 aromatic carbocycles. The van der Waals surface area contributed by atoms with Crippen LogP contribution in [0.5, 0.6) is 0 Å². The van der Waals surface area contributed by atoms with E-state index in [0.29, 0.717) is 18.3 Å². The van der Waals surface area contributed by atoms with Gasteiger partial charge < -0.3 is 10.6 Å². The summed E-state index contributed by atoms with van der Waals surface area (Å²) >= 11 is 0. The lowest BCUT2D eigenvalue weighted by Gasteiger charge is -2.11. The van der Waals surface area contributed by atoms with E-state index >= 15 is 0 Å². The minimum absolute atomic E-state index is 0.0175. The molecule has 19 heavy (non-hydrogen) atoms. The molecule has 0 bridgehead atoms. The van der Waals surface area contributed by atoms with Gasteiger partial charge in [0.1, 0.15) is 11.6 Å². The fourth-order valence-electron chi connectivity index (χ4n) is 1.49. The lowest BCUT2D eigenvalue weighted by molar-refractivity contribution is -0.119. The number of carbonyl (C=O) groups is 1. The molecule has 1 aromatic rings. The first-order chi connectivity index (χ1) is 8.88.